The van der Waals surface area contributed by atoms with Crippen LogP contribution in [0.25, 0.3) is 0 Å². The lowest BCUT2D eigenvalue weighted by molar-refractivity contribution is 0.132. The molecule has 2 atom stereocenters. The first-order valence-electron chi connectivity index (χ1n) is 5.97. The Hall–Kier alpha value is -1.48. The number of hydrogen-bond acceptors (Lipinski definition) is 5. The number of fused-ring (bicyclic) bond motifs is 1. The van der Waals surface area contributed by atoms with Crippen LogP contribution in [0.4, 0.5) is 0 Å². The zero-order valence-electron chi connectivity index (χ0n) is 9.84. The zero-order valence-corrected chi connectivity index (χ0v) is 10.7. The lowest BCUT2D eigenvalue weighted by Gasteiger charge is -2.35. The summed E-state index contributed by atoms with van der Waals surface area (Å²) in [6.45, 7) is 0.948. The summed E-state index contributed by atoms with van der Waals surface area (Å²) >= 11 is 1.82. The van der Waals surface area contributed by atoms with Gasteiger partial charge in [-0.25, -0.2) is 5.01 Å². The van der Waals surface area contributed by atoms with Crippen LogP contribution in [0.1, 0.15) is 6.42 Å². The van der Waals surface area contributed by atoms with E-state index in [0.29, 0.717) is 5.37 Å². The van der Waals surface area contributed by atoms with E-state index in [1.807, 2.05) is 17.8 Å². The van der Waals surface area contributed by atoms with Gasteiger partial charge in [0.15, 0.2) is 0 Å². The highest BCUT2D eigenvalue weighted by Gasteiger charge is 2.33. The minimum absolute atomic E-state index is 0.0185. The van der Waals surface area contributed by atoms with E-state index in [-0.39, 0.29) is 6.17 Å². The fourth-order valence-corrected chi connectivity index (χ4v) is 3.28. The van der Waals surface area contributed by atoms with Gasteiger partial charge in [-0.15, -0.1) is 11.8 Å². The van der Waals surface area contributed by atoms with Crippen molar-refractivity contribution in [1.82, 2.24) is 15.8 Å². The summed E-state index contributed by atoms with van der Waals surface area (Å²) < 4.78 is 0. The number of rotatable bonds is 2. The third kappa shape index (κ3) is 2.23. The highest BCUT2D eigenvalue weighted by atomic mass is 32.2. The van der Waals surface area contributed by atoms with E-state index in [0.717, 1.165) is 18.5 Å². The van der Waals surface area contributed by atoms with Gasteiger partial charge in [0.2, 0.25) is 0 Å². The molecule has 92 valence electrons. The smallest absolute Gasteiger partial charge is 0.116 e. The van der Waals surface area contributed by atoms with Crippen LogP contribution in [-0.4, -0.2) is 23.1 Å². The Morgan fingerprint density at radius 3 is 2.94 bits per heavy atom. The van der Waals surface area contributed by atoms with Gasteiger partial charge in [-0.05, 0) is 18.6 Å². The SMILES string of the molecule is N#CC1=CNN2CCC(Sc3ccccc3)NC12. The van der Waals surface area contributed by atoms with Crippen molar-refractivity contribution in [3.8, 4) is 6.07 Å². The predicted molar refractivity (Wildman–Crippen MR) is 71.2 cm³/mol. The Bertz CT molecular complexity index is 493. The Labute approximate surface area is 111 Å². The summed E-state index contributed by atoms with van der Waals surface area (Å²) in [7, 11) is 0. The van der Waals surface area contributed by atoms with Crippen LogP contribution in [0, 0.1) is 11.3 Å². The average Bonchev–Trinajstić information content (AvgIpc) is 2.82. The standard InChI is InChI=1S/C13H14N4S/c14-8-10-9-15-17-7-6-12(16-13(10)17)18-11-4-2-1-3-5-11/h1-5,9,12-13,15-16H,6-7H2. The summed E-state index contributed by atoms with van der Waals surface area (Å²) in [4.78, 5) is 1.26. The molecule has 5 heteroatoms. The first-order chi connectivity index (χ1) is 8.86. The van der Waals surface area contributed by atoms with Crippen molar-refractivity contribution in [2.24, 2.45) is 0 Å². The molecule has 2 N–H and O–H groups in total. The van der Waals surface area contributed by atoms with Crippen molar-refractivity contribution in [3.63, 3.8) is 0 Å². The number of hydrogen-bond donors (Lipinski definition) is 2. The van der Waals surface area contributed by atoms with E-state index in [9.17, 15) is 0 Å². The van der Waals surface area contributed by atoms with Crippen LogP contribution in [0.5, 0.6) is 0 Å². The van der Waals surface area contributed by atoms with E-state index >= 15 is 0 Å². The number of thioether (sulfide) groups is 1. The summed E-state index contributed by atoms with van der Waals surface area (Å²) in [5, 5.41) is 15.0. The molecule has 1 aromatic rings. The second kappa shape index (κ2) is 5.02. The second-order valence-electron chi connectivity index (χ2n) is 4.31. The molecule has 2 aliphatic heterocycles. The van der Waals surface area contributed by atoms with E-state index in [1.165, 1.54) is 4.90 Å². The molecule has 2 unspecified atom stereocenters. The first-order valence-corrected chi connectivity index (χ1v) is 6.85. The van der Waals surface area contributed by atoms with Gasteiger partial charge in [-0.3, -0.25) is 5.32 Å². The van der Waals surface area contributed by atoms with Crippen LogP contribution in [0.15, 0.2) is 47.0 Å². The Morgan fingerprint density at radius 2 is 2.17 bits per heavy atom. The lowest BCUT2D eigenvalue weighted by atomic mass is 10.2. The number of nitrogens with zero attached hydrogens (tertiary/aromatic N) is 2. The first kappa shape index (κ1) is 11.6. The molecule has 0 spiro atoms. The van der Waals surface area contributed by atoms with E-state index in [2.05, 4.69) is 46.1 Å². The quantitative estimate of drug-likeness (QED) is 0.845. The van der Waals surface area contributed by atoms with Crippen molar-refractivity contribution in [3.05, 3.63) is 42.1 Å². The fourth-order valence-electron chi connectivity index (χ4n) is 2.21. The highest BCUT2D eigenvalue weighted by Crippen LogP contribution is 2.28. The summed E-state index contributed by atoms with van der Waals surface area (Å²) in [6, 6.07) is 12.6. The number of nitriles is 1. The van der Waals surface area contributed by atoms with Gasteiger partial charge in [-0.2, -0.15) is 5.26 Å². The molecule has 2 aliphatic rings. The Morgan fingerprint density at radius 1 is 1.33 bits per heavy atom. The molecule has 0 bridgehead atoms. The van der Waals surface area contributed by atoms with Crippen molar-refractivity contribution in [1.29, 1.82) is 5.26 Å². The topological polar surface area (TPSA) is 51.1 Å². The van der Waals surface area contributed by atoms with E-state index in [1.54, 1.807) is 6.20 Å². The van der Waals surface area contributed by atoms with Crippen LogP contribution in [-0.2, 0) is 0 Å². The number of nitrogens with one attached hydrogen (secondary N) is 2. The van der Waals surface area contributed by atoms with Crippen molar-refractivity contribution in [2.75, 3.05) is 6.54 Å². The minimum Gasteiger partial charge on any atom is -0.323 e. The van der Waals surface area contributed by atoms with E-state index in [4.69, 9.17) is 5.26 Å². The molecule has 1 saturated heterocycles. The van der Waals surface area contributed by atoms with Crippen LogP contribution < -0.4 is 10.7 Å². The molecule has 1 aromatic carbocycles. The molecule has 0 aliphatic carbocycles. The molecule has 1 fully saturated rings. The summed E-state index contributed by atoms with van der Waals surface area (Å²) in [5.41, 5.74) is 3.88. The van der Waals surface area contributed by atoms with Crippen molar-refractivity contribution in [2.45, 2.75) is 22.9 Å². The maximum absolute atomic E-state index is 9.05. The van der Waals surface area contributed by atoms with Gasteiger partial charge in [0.1, 0.15) is 6.17 Å². The maximum atomic E-state index is 9.05. The second-order valence-corrected chi connectivity index (χ2v) is 5.59. The highest BCUT2D eigenvalue weighted by molar-refractivity contribution is 7.99. The molecule has 0 amide bonds. The van der Waals surface area contributed by atoms with Crippen LogP contribution >= 0.6 is 11.8 Å². The normalized spacial score (nSPS) is 26.9. The minimum atomic E-state index is 0.0185. The maximum Gasteiger partial charge on any atom is 0.116 e. The molecule has 0 aromatic heterocycles. The predicted octanol–water partition coefficient (Wildman–Crippen LogP) is 1.65. The number of hydrazine groups is 1. The van der Waals surface area contributed by atoms with Crippen LogP contribution in [0.2, 0.25) is 0 Å². The zero-order chi connectivity index (χ0) is 12.4. The molecular weight excluding hydrogens is 244 g/mol. The lowest BCUT2D eigenvalue weighted by Crippen LogP contribution is -2.55. The van der Waals surface area contributed by atoms with Gasteiger partial charge in [0.25, 0.3) is 0 Å². The third-order valence-electron chi connectivity index (χ3n) is 3.12. The fraction of sp³-hybridized carbons (Fsp3) is 0.308. The molecule has 2 heterocycles. The van der Waals surface area contributed by atoms with Crippen molar-refractivity contribution < 1.29 is 0 Å². The van der Waals surface area contributed by atoms with Crippen molar-refractivity contribution >= 4 is 11.8 Å². The summed E-state index contributed by atoms with van der Waals surface area (Å²) in [6.07, 6.45) is 2.85. The average molecular weight is 258 g/mol. The number of benzene rings is 1. The Balaban J connectivity index is 1.66. The van der Waals surface area contributed by atoms with Gasteiger partial charge in [0, 0.05) is 17.6 Å². The molecule has 18 heavy (non-hydrogen) atoms. The molecule has 3 rings (SSSR count). The van der Waals surface area contributed by atoms with Gasteiger partial charge in [-0.1, -0.05) is 18.2 Å². The molecular formula is C13H14N4S. The van der Waals surface area contributed by atoms with E-state index < -0.39 is 0 Å². The summed E-state index contributed by atoms with van der Waals surface area (Å²) in [5.74, 6) is 0. The monoisotopic (exact) mass is 258 g/mol. The molecule has 4 nitrogen and oxygen atoms in total. The van der Waals surface area contributed by atoms with Crippen LogP contribution in [0.3, 0.4) is 0 Å². The van der Waals surface area contributed by atoms with Gasteiger partial charge in [0.05, 0.1) is 17.0 Å². The largest absolute Gasteiger partial charge is 0.323 e. The van der Waals surface area contributed by atoms with Gasteiger partial charge >= 0.3 is 0 Å². The third-order valence-corrected chi connectivity index (χ3v) is 4.32. The Kier molecular flexibility index (Phi) is 3.24. The van der Waals surface area contributed by atoms with Gasteiger partial charge < -0.3 is 5.43 Å². The molecule has 0 radical (unpaired) electrons. The molecule has 0 saturated carbocycles.